The minimum Gasteiger partial charge on any atom is -0.365 e. The molecule has 2 saturated heterocycles. The topological polar surface area (TPSA) is 15.3 Å². The zero-order valence-electron chi connectivity index (χ0n) is 13.8. The van der Waals surface area contributed by atoms with Gasteiger partial charge in [0.05, 0.1) is 0 Å². The largest absolute Gasteiger partial charge is 0.365 e. The molecule has 2 bridgehead atoms. The third-order valence-corrected chi connectivity index (χ3v) is 5.30. The molecule has 21 heavy (non-hydrogen) atoms. The molecule has 2 fully saturated rings. The van der Waals surface area contributed by atoms with Crippen LogP contribution in [-0.2, 0) is 0 Å². The lowest BCUT2D eigenvalue weighted by Crippen LogP contribution is -2.56. The van der Waals surface area contributed by atoms with Gasteiger partial charge in [-0.05, 0) is 62.3 Å². The summed E-state index contributed by atoms with van der Waals surface area (Å²) in [7, 11) is 0. The molecule has 2 aliphatic heterocycles. The fourth-order valence-electron chi connectivity index (χ4n) is 4.30. The molecule has 2 nitrogen and oxygen atoms in total. The van der Waals surface area contributed by atoms with Crippen LogP contribution >= 0.6 is 0 Å². The van der Waals surface area contributed by atoms with Gasteiger partial charge in [0.1, 0.15) is 0 Å². The van der Waals surface area contributed by atoms with E-state index in [1.165, 1.54) is 43.4 Å². The standard InChI is InChI=1S/C19H30N2/c1-4-20-16-12-18-9-6-10-19(13-16)21(18)17-8-5-7-15(11-17)14(2)3/h5,7-8,11,14,16,18-20H,4,6,9-10,12-13H2,1-3H3. The van der Waals surface area contributed by atoms with Gasteiger partial charge in [-0.25, -0.2) is 0 Å². The fraction of sp³-hybridized carbons (Fsp3) is 0.684. The Morgan fingerprint density at radius 1 is 1.19 bits per heavy atom. The minimum atomic E-state index is 0.615. The molecule has 1 N–H and O–H groups in total. The Balaban J connectivity index is 1.83. The van der Waals surface area contributed by atoms with E-state index in [4.69, 9.17) is 0 Å². The van der Waals surface area contributed by atoms with Crippen LogP contribution in [0.4, 0.5) is 5.69 Å². The van der Waals surface area contributed by atoms with Crippen molar-refractivity contribution in [3.63, 3.8) is 0 Å². The lowest BCUT2D eigenvalue weighted by atomic mass is 9.81. The predicted octanol–water partition coefficient (Wildman–Crippen LogP) is 4.31. The molecule has 0 amide bonds. The van der Waals surface area contributed by atoms with Gasteiger partial charge >= 0.3 is 0 Å². The lowest BCUT2D eigenvalue weighted by molar-refractivity contribution is 0.247. The van der Waals surface area contributed by atoms with Crippen molar-refractivity contribution in [2.45, 2.75) is 76.9 Å². The summed E-state index contributed by atoms with van der Waals surface area (Å²) in [5.41, 5.74) is 2.94. The van der Waals surface area contributed by atoms with E-state index in [-0.39, 0.29) is 0 Å². The molecule has 0 saturated carbocycles. The maximum Gasteiger partial charge on any atom is 0.0374 e. The van der Waals surface area contributed by atoms with Crippen molar-refractivity contribution >= 4 is 5.69 Å². The number of fused-ring (bicyclic) bond motifs is 2. The van der Waals surface area contributed by atoms with Crippen molar-refractivity contribution in [2.75, 3.05) is 11.4 Å². The van der Waals surface area contributed by atoms with E-state index >= 15 is 0 Å². The van der Waals surface area contributed by atoms with Gasteiger partial charge in [0, 0.05) is 23.8 Å². The zero-order chi connectivity index (χ0) is 14.8. The normalized spacial score (nSPS) is 29.0. The van der Waals surface area contributed by atoms with Crippen molar-refractivity contribution in [3.05, 3.63) is 29.8 Å². The van der Waals surface area contributed by atoms with Crippen molar-refractivity contribution in [1.29, 1.82) is 0 Å². The van der Waals surface area contributed by atoms with E-state index in [2.05, 4.69) is 55.3 Å². The number of nitrogens with zero attached hydrogens (tertiary/aromatic N) is 1. The van der Waals surface area contributed by atoms with Crippen LogP contribution < -0.4 is 10.2 Å². The summed E-state index contributed by atoms with van der Waals surface area (Å²) in [5.74, 6) is 0.615. The van der Waals surface area contributed by atoms with Gasteiger partial charge in [-0.2, -0.15) is 0 Å². The Labute approximate surface area is 129 Å². The van der Waals surface area contributed by atoms with E-state index in [1.54, 1.807) is 0 Å². The van der Waals surface area contributed by atoms with Gasteiger partial charge in [-0.3, -0.25) is 0 Å². The van der Waals surface area contributed by atoms with Crippen molar-refractivity contribution in [2.24, 2.45) is 0 Å². The number of hydrogen-bond acceptors (Lipinski definition) is 2. The smallest absolute Gasteiger partial charge is 0.0374 e. The molecule has 116 valence electrons. The number of anilines is 1. The molecule has 3 rings (SSSR count). The third kappa shape index (κ3) is 3.11. The highest BCUT2D eigenvalue weighted by atomic mass is 15.2. The molecule has 1 aromatic rings. The van der Waals surface area contributed by atoms with E-state index in [0.717, 1.165) is 24.7 Å². The number of hydrogen-bond donors (Lipinski definition) is 1. The van der Waals surface area contributed by atoms with Crippen molar-refractivity contribution in [3.8, 4) is 0 Å². The quantitative estimate of drug-likeness (QED) is 0.887. The number of rotatable bonds is 4. The highest BCUT2D eigenvalue weighted by Crippen LogP contribution is 2.38. The van der Waals surface area contributed by atoms with Crippen LogP contribution in [-0.4, -0.2) is 24.7 Å². The average molecular weight is 286 g/mol. The van der Waals surface area contributed by atoms with Gasteiger partial charge in [0.25, 0.3) is 0 Å². The highest BCUT2D eigenvalue weighted by molar-refractivity contribution is 5.52. The van der Waals surface area contributed by atoms with Gasteiger partial charge in [0.15, 0.2) is 0 Å². The summed E-state index contributed by atoms with van der Waals surface area (Å²) < 4.78 is 0. The minimum absolute atomic E-state index is 0.615. The number of piperidine rings is 2. The SMILES string of the molecule is CCNC1CC2CCCC(C1)N2c1cccc(C(C)C)c1. The first-order chi connectivity index (χ1) is 10.2. The first kappa shape index (κ1) is 14.9. The summed E-state index contributed by atoms with van der Waals surface area (Å²) in [5, 5.41) is 3.69. The summed E-state index contributed by atoms with van der Waals surface area (Å²) in [4.78, 5) is 2.75. The third-order valence-electron chi connectivity index (χ3n) is 5.30. The fourth-order valence-corrected chi connectivity index (χ4v) is 4.30. The van der Waals surface area contributed by atoms with Crippen LogP contribution in [0.3, 0.4) is 0 Å². The second kappa shape index (κ2) is 6.39. The Bertz CT molecular complexity index is 454. The maximum absolute atomic E-state index is 3.69. The molecular formula is C19H30N2. The van der Waals surface area contributed by atoms with Gasteiger partial charge in [0.2, 0.25) is 0 Å². The molecule has 0 spiro atoms. The molecular weight excluding hydrogens is 256 g/mol. The molecule has 0 aromatic heterocycles. The van der Waals surface area contributed by atoms with Gasteiger partial charge in [-0.15, -0.1) is 0 Å². The molecule has 0 aliphatic carbocycles. The summed E-state index contributed by atoms with van der Waals surface area (Å²) in [6.45, 7) is 7.91. The van der Waals surface area contributed by atoms with Crippen LogP contribution in [0.15, 0.2) is 24.3 Å². The maximum atomic E-state index is 3.69. The average Bonchev–Trinajstić information content (AvgIpc) is 2.47. The molecule has 2 heteroatoms. The van der Waals surface area contributed by atoms with Gasteiger partial charge < -0.3 is 10.2 Å². The zero-order valence-corrected chi connectivity index (χ0v) is 13.8. The molecule has 1 aromatic carbocycles. The first-order valence-electron chi connectivity index (χ1n) is 8.80. The second-order valence-electron chi connectivity index (χ2n) is 7.12. The second-order valence-corrected chi connectivity index (χ2v) is 7.12. The number of benzene rings is 1. The van der Waals surface area contributed by atoms with E-state index in [9.17, 15) is 0 Å². The van der Waals surface area contributed by atoms with Crippen molar-refractivity contribution < 1.29 is 0 Å². The predicted molar refractivity (Wildman–Crippen MR) is 91.1 cm³/mol. The Morgan fingerprint density at radius 3 is 2.52 bits per heavy atom. The van der Waals surface area contributed by atoms with Crippen LogP contribution in [0.25, 0.3) is 0 Å². The lowest BCUT2D eigenvalue weighted by Gasteiger charge is -2.50. The highest BCUT2D eigenvalue weighted by Gasteiger charge is 2.37. The first-order valence-corrected chi connectivity index (χ1v) is 8.80. The van der Waals surface area contributed by atoms with Crippen molar-refractivity contribution in [1.82, 2.24) is 5.32 Å². The monoisotopic (exact) mass is 286 g/mol. The summed E-state index contributed by atoms with van der Waals surface area (Å²) in [6, 6.07) is 11.5. The van der Waals surface area contributed by atoms with E-state index in [1.807, 2.05) is 0 Å². The van der Waals surface area contributed by atoms with Crippen LogP contribution in [0.1, 0.15) is 64.4 Å². The van der Waals surface area contributed by atoms with Gasteiger partial charge in [-0.1, -0.05) is 32.9 Å². The summed E-state index contributed by atoms with van der Waals surface area (Å²) in [6.07, 6.45) is 6.77. The molecule has 2 atom stereocenters. The molecule has 2 heterocycles. The Morgan fingerprint density at radius 2 is 1.90 bits per heavy atom. The van der Waals surface area contributed by atoms with E-state index < -0.39 is 0 Å². The Hall–Kier alpha value is -1.02. The van der Waals surface area contributed by atoms with Crippen LogP contribution in [0.2, 0.25) is 0 Å². The van der Waals surface area contributed by atoms with Crippen LogP contribution in [0.5, 0.6) is 0 Å². The molecule has 2 aliphatic rings. The molecule has 2 unspecified atom stereocenters. The Kier molecular flexibility index (Phi) is 4.54. The molecule has 0 radical (unpaired) electrons. The number of nitrogens with one attached hydrogen (secondary N) is 1. The van der Waals surface area contributed by atoms with E-state index in [0.29, 0.717) is 5.92 Å². The summed E-state index contributed by atoms with van der Waals surface area (Å²) >= 11 is 0. The van der Waals surface area contributed by atoms with Crippen LogP contribution in [0, 0.1) is 0 Å².